The first-order valence-corrected chi connectivity index (χ1v) is 7.25. The summed E-state index contributed by atoms with van der Waals surface area (Å²) < 4.78 is 0. The molecule has 2 rings (SSSR count). The van der Waals surface area contributed by atoms with Gasteiger partial charge < -0.3 is 21.1 Å². The molecule has 2 unspecified atom stereocenters. The van der Waals surface area contributed by atoms with Gasteiger partial charge >= 0.3 is 5.97 Å². The lowest BCUT2D eigenvalue weighted by Gasteiger charge is -2.39. The molecule has 0 aromatic carbocycles. The molecule has 2 fully saturated rings. The second-order valence-electron chi connectivity index (χ2n) is 6.60. The van der Waals surface area contributed by atoms with Gasteiger partial charge in [-0.2, -0.15) is 0 Å². The minimum absolute atomic E-state index is 0.0473. The van der Waals surface area contributed by atoms with Gasteiger partial charge in [0.2, 0.25) is 11.8 Å². The zero-order chi connectivity index (χ0) is 15.8. The van der Waals surface area contributed by atoms with Crippen LogP contribution in [-0.2, 0) is 14.4 Å². The van der Waals surface area contributed by atoms with Crippen LogP contribution in [0.25, 0.3) is 0 Å². The van der Waals surface area contributed by atoms with Gasteiger partial charge in [0.05, 0.1) is 0 Å². The lowest BCUT2D eigenvalue weighted by molar-refractivity contribution is -0.143. The topological polar surface area (TPSA) is 113 Å². The number of nitrogens with two attached hydrogens (primary N) is 1. The molecule has 118 valence electrons. The highest BCUT2D eigenvalue weighted by atomic mass is 16.4. The van der Waals surface area contributed by atoms with E-state index in [1.807, 2.05) is 0 Å². The Hall–Kier alpha value is -1.63. The Morgan fingerprint density at radius 2 is 2.05 bits per heavy atom. The molecule has 21 heavy (non-hydrogen) atoms. The van der Waals surface area contributed by atoms with Crippen LogP contribution in [0, 0.1) is 5.92 Å². The fourth-order valence-corrected chi connectivity index (χ4v) is 3.32. The molecule has 2 atom stereocenters. The fourth-order valence-electron chi connectivity index (χ4n) is 3.32. The first-order chi connectivity index (χ1) is 9.65. The number of amides is 2. The molecule has 7 nitrogen and oxygen atoms in total. The third-order valence-corrected chi connectivity index (χ3v) is 4.72. The maximum Gasteiger partial charge on any atom is 0.323 e. The minimum Gasteiger partial charge on any atom is -0.480 e. The van der Waals surface area contributed by atoms with Gasteiger partial charge in [0.25, 0.3) is 0 Å². The van der Waals surface area contributed by atoms with E-state index in [0.29, 0.717) is 32.4 Å². The Morgan fingerprint density at radius 1 is 1.48 bits per heavy atom. The van der Waals surface area contributed by atoms with Gasteiger partial charge in [-0.3, -0.25) is 14.4 Å². The maximum absolute atomic E-state index is 12.1. The van der Waals surface area contributed by atoms with Crippen molar-refractivity contribution in [3.63, 3.8) is 0 Å². The number of hydrogen-bond acceptors (Lipinski definition) is 4. The molecule has 2 aliphatic rings. The number of carboxylic acid groups (broad SMARTS) is 1. The Bertz CT molecular complexity index is 467. The molecule has 0 aromatic heterocycles. The Morgan fingerprint density at radius 3 is 2.52 bits per heavy atom. The SMILES string of the molecule is CC(=O)N1CCC2(CC1)CC(CC(C)(N)C(=O)O)C(=O)N2. The van der Waals surface area contributed by atoms with Crippen LogP contribution in [0.4, 0.5) is 0 Å². The minimum atomic E-state index is -1.40. The van der Waals surface area contributed by atoms with Gasteiger partial charge in [-0.05, 0) is 32.6 Å². The molecule has 4 N–H and O–H groups in total. The molecule has 0 bridgehead atoms. The Balaban J connectivity index is 2.00. The van der Waals surface area contributed by atoms with Crippen molar-refractivity contribution in [2.24, 2.45) is 11.7 Å². The Labute approximate surface area is 123 Å². The molecular formula is C14H23N3O4. The average molecular weight is 297 g/mol. The van der Waals surface area contributed by atoms with Gasteiger partial charge in [0.1, 0.15) is 5.54 Å². The second-order valence-corrected chi connectivity index (χ2v) is 6.60. The van der Waals surface area contributed by atoms with Crippen molar-refractivity contribution in [3.8, 4) is 0 Å². The average Bonchev–Trinajstić information content (AvgIpc) is 2.65. The van der Waals surface area contributed by atoms with Gasteiger partial charge in [-0.1, -0.05) is 0 Å². The number of nitrogens with zero attached hydrogens (tertiary/aromatic N) is 1. The normalized spacial score (nSPS) is 27.3. The van der Waals surface area contributed by atoms with Crippen LogP contribution >= 0.6 is 0 Å². The number of likely N-dealkylation sites (tertiary alicyclic amines) is 1. The van der Waals surface area contributed by atoms with Crippen molar-refractivity contribution < 1.29 is 19.5 Å². The molecule has 0 aliphatic carbocycles. The summed E-state index contributed by atoms with van der Waals surface area (Å²) in [6, 6.07) is 0. The third kappa shape index (κ3) is 3.18. The number of aliphatic carboxylic acids is 1. The van der Waals surface area contributed by atoms with Gasteiger partial charge in [-0.15, -0.1) is 0 Å². The summed E-state index contributed by atoms with van der Waals surface area (Å²) in [5.74, 6) is -1.54. The number of carboxylic acids is 1. The van der Waals surface area contributed by atoms with Gasteiger partial charge in [0, 0.05) is 31.5 Å². The van der Waals surface area contributed by atoms with Gasteiger partial charge in [-0.25, -0.2) is 0 Å². The van der Waals surface area contributed by atoms with Crippen molar-refractivity contribution in [1.82, 2.24) is 10.2 Å². The van der Waals surface area contributed by atoms with Crippen LogP contribution in [-0.4, -0.2) is 52.0 Å². The maximum atomic E-state index is 12.1. The quantitative estimate of drug-likeness (QED) is 0.662. The van der Waals surface area contributed by atoms with E-state index in [4.69, 9.17) is 10.8 Å². The van der Waals surface area contributed by atoms with Crippen molar-refractivity contribution in [1.29, 1.82) is 0 Å². The molecular weight excluding hydrogens is 274 g/mol. The predicted molar refractivity (Wildman–Crippen MR) is 75.3 cm³/mol. The van der Waals surface area contributed by atoms with Crippen LogP contribution < -0.4 is 11.1 Å². The number of rotatable bonds is 3. The number of hydrogen-bond donors (Lipinski definition) is 3. The summed E-state index contributed by atoms with van der Waals surface area (Å²) in [6.45, 7) is 4.23. The van der Waals surface area contributed by atoms with Crippen LogP contribution in [0.15, 0.2) is 0 Å². The summed E-state index contributed by atoms with van der Waals surface area (Å²) >= 11 is 0. The molecule has 2 aliphatic heterocycles. The van der Waals surface area contributed by atoms with Gasteiger partial charge in [0.15, 0.2) is 0 Å². The van der Waals surface area contributed by atoms with Crippen LogP contribution in [0.1, 0.15) is 39.5 Å². The van der Waals surface area contributed by atoms with E-state index in [1.165, 1.54) is 6.92 Å². The van der Waals surface area contributed by atoms with Crippen LogP contribution in [0.2, 0.25) is 0 Å². The van der Waals surface area contributed by atoms with Crippen molar-refractivity contribution in [2.45, 2.75) is 50.6 Å². The molecule has 0 radical (unpaired) electrons. The zero-order valence-electron chi connectivity index (χ0n) is 12.5. The van der Waals surface area contributed by atoms with E-state index >= 15 is 0 Å². The third-order valence-electron chi connectivity index (χ3n) is 4.72. The highest BCUT2D eigenvalue weighted by Gasteiger charge is 2.48. The lowest BCUT2D eigenvalue weighted by Crippen LogP contribution is -2.51. The van der Waals surface area contributed by atoms with E-state index in [1.54, 1.807) is 11.8 Å². The van der Waals surface area contributed by atoms with E-state index < -0.39 is 11.5 Å². The molecule has 0 saturated carbocycles. The molecule has 2 heterocycles. The monoisotopic (exact) mass is 297 g/mol. The largest absolute Gasteiger partial charge is 0.480 e. The summed E-state index contributed by atoms with van der Waals surface area (Å²) in [6.07, 6.45) is 2.15. The van der Waals surface area contributed by atoms with E-state index in [-0.39, 0.29) is 29.7 Å². The van der Waals surface area contributed by atoms with Crippen LogP contribution in [0.3, 0.4) is 0 Å². The zero-order valence-corrected chi connectivity index (χ0v) is 12.5. The van der Waals surface area contributed by atoms with E-state index in [0.717, 1.165) is 0 Å². The number of carbonyl (C=O) groups excluding carboxylic acids is 2. The van der Waals surface area contributed by atoms with Crippen molar-refractivity contribution in [2.75, 3.05) is 13.1 Å². The summed E-state index contributed by atoms with van der Waals surface area (Å²) in [5, 5.41) is 12.1. The fraction of sp³-hybridized carbons (Fsp3) is 0.786. The summed E-state index contributed by atoms with van der Waals surface area (Å²) in [7, 11) is 0. The standard InChI is InChI=1S/C14H23N3O4/c1-9(18)17-5-3-14(4-6-17)8-10(11(19)16-14)7-13(2,15)12(20)21/h10H,3-8,15H2,1-2H3,(H,16,19)(H,20,21). The van der Waals surface area contributed by atoms with Crippen molar-refractivity contribution in [3.05, 3.63) is 0 Å². The highest BCUT2D eigenvalue weighted by molar-refractivity contribution is 5.84. The highest BCUT2D eigenvalue weighted by Crippen LogP contribution is 2.37. The number of nitrogens with one attached hydrogen (secondary N) is 1. The smallest absolute Gasteiger partial charge is 0.323 e. The number of carbonyl (C=O) groups is 3. The summed E-state index contributed by atoms with van der Waals surface area (Å²) in [4.78, 5) is 36.3. The molecule has 2 saturated heterocycles. The Kier molecular flexibility index (Phi) is 3.97. The van der Waals surface area contributed by atoms with E-state index in [9.17, 15) is 14.4 Å². The van der Waals surface area contributed by atoms with Crippen LogP contribution in [0.5, 0.6) is 0 Å². The second kappa shape index (κ2) is 5.29. The van der Waals surface area contributed by atoms with Crippen molar-refractivity contribution >= 4 is 17.8 Å². The molecule has 1 spiro atoms. The first kappa shape index (κ1) is 15.8. The molecule has 7 heteroatoms. The summed E-state index contributed by atoms with van der Waals surface area (Å²) in [5.41, 5.74) is 4.05. The lowest BCUT2D eigenvalue weighted by atomic mass is 9.80. The molecule has 0 aromatic rings. The molecule has 2 amide bonds. The van der Waals surface area contributed by atoms with E-state index in [2.05, 4.69) is 5.32 Å². The first-order valence-electron chi connectivity index (χ1n) is 7.25. The predicted octanol–water partition coefficient (Wildman–Crippen LogP) is -0.304. The number of piperidine rings is 1.